The lowest BCUT2D eigenvalue weighted by Gasteiger charge is -2.25. The topological polar surface area (TPSA) is 48.7 Å². The van der Waals surface area contributed by atoms with Gasteiger partial charge in [-0.1, -0.05) is 30.3 Å². The maximum absolute atomic E-state index is 12.3. The van der Waals surface area contributed by atoms with Gasteiger partial charge in [-0.05, 0) is 29.0 Å². The summed E-state index contributed by atoms with van der Waals surface area (Å²) in [5.74, 6) is 0.586. The number of benzene rings is 2. The van der Waals surface area contributed by atoms with Crippen LogP contribution in [0.25, 0.3) is 10.8 Å². The van der Waals surface area contributed by atoms with Crippen molar-refractivity contribution >= 4 is 16.7 Å². The van der Waals surface area contributed by atoms with Gasteiger partial charge in [0, 0.05) is 0 Å². The monoisotopic (exact) mass is 266 g/mol. The summed E-state index contributed by atoms with van der Waals surface area (Å²) in [7, 11) is 0. The maximum atomic E-state index is 12.3. The van der Waals surface area contributed by atoms with Crippen LogP contribution in [0.1, 0.15) is 22.4 Å². The molecule has 1 aromatic heterocycles. The lowest BCUT2D eigenvalue weighted by molar-refractivity contribution is -0.0727. The molecule has 4 nitrogen and oxygen atoms in total. The summed E-state index contributed by atoms with van der Waals surface area (Å²) in [5.41, 5.74) is 0.464. The van der Waals surface area contributed by atoms with Crippen molar-refractivity contribution in [1.82, 2.24) is 0 Å². The number of furan rings is 1. The normalized spacial score (nSPS) is 17.4. The Labute approximate surface area is 114 Å². The van der Waals surface area contributed by atoms with Crippen LogP contribution in [-0.2, 0) is 4.74 Å². The fourth-order valence-electron chi connectivity index (χ4n) is 2.40. The van der Waals surface area contributed by atoms with Crippen molar-refractivity contribution in [3.63, 3.8) is 0 Å². The Morgan fingerprint density at radius 1 is 0.900 bits per heavy atom. The highest BCUT2D eigenvalue weighted by atomic mass is 16.7. The third-order valence-corrected chi connectivity index (χ3v) is 3.32. The molecule has 0 bridgehead atoms. The zero-order chi connectivity index (χ0) is 13.5. The van der Waals surface area contributed by atoms with Gasteiger partial charge in [0.05, 0.1) is 6.26 Å². The number of hydrogen-bond donors (Lipinski definition) is 0. The number of carbonyl (C=O) groups is 1. The van der Waals surface area contributed by atoms with E-state index < -0.39 is 12.3 Å². The van der Waals surface area contributed by atoms with Crippen LogP contribution < -0.4 is 4.74 Å². The van der Waals surface area contributed by atoms with E-state index in [1.807, 2.05) is 30.3 Å². The number of ether oxygens (including phenoxy) is 2. The van der Waals surface area contributed by atoms with Crippen molar-refractivity contribution < 1.29 is 18.7 Å². The van der Waals surface area contributed by atoms with Crippen LogP contribution in [0.2, 0.25) is 0 Å². The number of rotatable bonds is 1. The summed E-state index contributed by atoms with van der Waals surface area (Å²) in [4.78, 5) is 12.3. The average molecular weight is 266 g/mol. The molecule has 1 aliphatic rings. The Balaban J connectivity index is 1.86. The molecule has 1 atom stereocenters. The van der Waals surface area contributed by atoms with E-state index in [0.29, 0.717) is 17.1 Å². The van der Waals surface area contributed by atoms with Gasteiger partial charge in [0.25, 0.3) is 0 Å². The second kappa shape index (κ2) is 4.13. The average Bonchev–Trinajstić information content (AvgIpc) is 3.01. The number of carbonyl (C=O) groups excluding carboxylic acids is 1. The molecule has 4 heteroatoms. The Morgan fingerprint density at radius 2 is 1.80 bits per heavy atom. The van der Waals surface area contributed by atoms with Gasteiger partial charge in [-0.15, -0.1) is 0 Å². The Hall–Kier alpha value is -2.75. The molecule has 4 rings (SSSR count). The van der Waals surface area contributed by atoms with Gasteiger partial charge in [-0.2, -0.15) is 0 Å². The number of cyclic esters (lactones) is 1. The molecule has 1 unspecified atom stereocenters. The third kappa shape index (κ3) is 1.58. The third-order valence-electron chi connectivity index (χ3n) is 3.32. The zero-order valence-corrected chi connectivity index (χ0v) is 10.4. The Kier molecular flexibility index (Phi) is 2.29. The molecule has 98 valence electrons. The van der Waals surface area contributed by atoms with Crippen LogP contribution in [0.15, 0.2) is 59.2 Å². The smallest absolute Gasteiger partial charge is 0.346 e. The number of esters is 1. The molecule has 0 fully saturated rings. The van der Waals surface area contributed by atoms with Crippen molar-refractivity contribution in [3.05, 3.63) is 66.1 Å². The van der Waals surface area contributed by atoms with Crippen molar-refractivity contribution in [2.75, 3.05) is 0 Å². The molecular weight excluding hydrogens is 256 g/mol. The summed E-state index contributed by atoms with van der Waals surface area (Å²) in [5, 5.41) is 1.80. The fourth-order valence-corrected chi connectivity index (χ4v) is 2.40. The van der Waals surface area contributed by atoms with Gasteiger partial charge in [0.2, 0.25) is 0 Å². The van der Waals surface area contributed by atoms with Crippen molar-refractivity contribution in [3.8, 4) is 5.75 Å². The van der Waals surface area contributed by atoms with Crippen LogP contribution in [0, 0.1) is 0 Å². The minimum Gasteiger partial charge on any atom is -0.461 e. The molecule has 0 saturated carbocycles. The molecule has 20 heavy (non-hydrogen) atoms. The van der Waals surface area contributed by atoms with E-state index >= 15 is 0 Å². The van der Waals surface area contributed by atoms with Gasteiger partial charge in [-0.3, -0.25) is 0 Å². The van der Waals surface area contributed by atoms with E-state index in [-0.39, 0.29) is 0 Å². The Morgan fingerprint density at radius 3 is 2.65 bits per heavy atom. The molecular formula is C16H10O4. The predicted molar refractivity (Wildman–Crippen MR) is 71.4 cm³/mol. The molecule has 3 aromatic rings. The van der Waals surface area contributed by atoms with Crippen molar-refractivity contribution in [2.24, 2.45) is 0 Å². The van der Waals surface area contributed by atoms with Gasteiger partial charge in [-0.25, -0.2) is 4.79 Å². The molecule has 0 saturated heterocycles. The number of hydrogen-bond acceptors (Lipinski definition) is 4. The van der Waals surface area contributed by atoms with Crippen molar-refractivity contribution in [2.45, 2.75) is 6.29 Å². The largest absolute Gasteiger partial charge is 0.461 e. The summed E-state index contributed by atoms with van der Waals surface area (Å²) in [6.07, 6.45) is 0.689. The molecule has 0 spiro atoms. The lowest BCUT2D eigenvalue weighted by Crippen LogP contribution is -2.23. The highest BCUT2D eigenvalue weighted by molar-refractivity contribution is 6.07. The van der Waals surface area contributed by atoms with Gasteiger partial charge >= 0.3 is 12.3 Å². The first kappa shape index (κ1) is 11.1. The minimum atomic E-state index is -0.828. The molecule has 2 heterocycles. The second-order valence-electron chi connectivity index (χ2n) is 4.53. The van der Waals surface area contributed by atoms with Gasteiger partial charge < -0.3 is 13.9 Å². The highest BCUT2D eigenvalue weighted by Gasteiger charge is 2.31. The van der Waals surface area contributed by atoms with E-state index in [1.54, 1.807) is 18.2 Å². The SMILES string of the molecule is O=C1OC(c2ccco2)Oc2ccc3ccccc3c21. The minimum absolute atomic E-state index is 0.399. The Bertz CT molecular complexity index is 789. The quantitative estimate of drug-likeness (QED) is 0.630. The first-order chi connectivity index (χ1) is 9.83. The first-order valence-corrected chi connectivity index (χ1v) is 6.26. The van der Waals surface area contributed by atoms with Gasteiger partial charge in [0.15, 0.2) is 5.76 Å². The van der Waals surface area contributed by atoms with Crippen LogP contribution >= 0.6 is 0 Å². The first-order valence-electron chi connectivity index (χ1n) is 6.26. The highest BCUT2D eigenvalue weighted by Crippen LogP contribution is 2.37. The molecule has 0 aliphatic carbocycles. The van der Waals surface area contributed by atoms with Gasteiger partial charge in [0.1, 0.15) is 11.3 Å². The van der Waals surface area contributed by atoms with Crippen molar-refractivity contribution in [1.29, 1.82) is 0 Å². The van der Waals surface area contributed by atoms with Crippen LogP contribution in [-0.4, -0.2) is 5.97 Å². The zero-order valence-electron chi connectivity index (χ0n) is 10.4. The maximum Gasteiger partial charge on any atom is 0.346 e. The van der Waals surface area contributed by atoms with E-state index in [4.69, 9.17) is 13.9 Å². The molecule has 0 radical (unpaired) electrons. The van der Waals surface area contributed by atoms with Crippen LogP contribution in [0.3, 0.4) is 0 Å². The lowest BCUT2D eigenvalue weighted by atomic mass is 10.0. The van der Waals surface area contributed by atoms with E-state index in [1.165, 1.54) is 6.26 Å². The van der Waals surface area contributed by atoms with E-state index in [0.717, 1.165) is 10.8 Å². The van der Waals surface area contributed by atoms with E-state index in [9.17, 15) is 4.79 Å². The fraction of sp³-hybridized carbons (Fsp3) is 0.0625. The molecule has 0 amide bonds. The van der Waals surface area contributed by atoms with Crippen LogP contribution in [0.5, 0.6) is 5.75 Å². The molecule has 2 aromatic carbocycles. The summed E-state index contributed by atoms with van der Waals surface area (Å²) < 4.78 is 16.2. The predicted octanol–water partition coefficient (Wildman–Crippen LogP) is 3.68. The number of fused-ring (bicyclic) bond motifs is 3. The van der Waals surface area contributed by atoms with E-state index in [2.05, 4.69) is 0 Å². The summed E-state index contributed by atoms with van der Waals surface area (Å²) in [6.45, 7) is 0. The molecule has 0 N–H and O–H groups in total. The second-order valence-corrected chi connectivity index (χ2v) is 4.53. The van der Waals surface area contributed by atoms with Crippen LogP contribution in [0.4, 0.5) is 0 Å². The molecule has 1 aliphatic heterocycles. The standard InChI is InChI=1S/C16H10O4/c17-15-14-11-5-2-1-4-10(11)7-8-12(14)19-16(20-15)13-6-3-9-18-13/h1-9,16H. The summed E-state index contributed by atoms with van der Waals surface area (Å²) >= 11 is 0. The summed E-state index contributed by atoms with van der Waals surface area (Å²) in [6, 6.07) is 14.8.